The molecule has 0 bridgehead atoms. The summed E-state index contributed by atoms with van der Waals surface area (Å²) in [5.74, 6) is -0.801. The summed E-state index contributed by atoms with van der Waals surface area (Å²) in [4.78, 5) is 1.41. The summed E-state index contributed by atoms with van der Waals surface area (Å²) < 4.78 is 78.6. The van der Waals surface area contributed by atoms with Crippen molar-refractivity contribution in [2.24, 2.45) is 0 Å². The molecule has 0 unspecified atom stereocenters. The normalized spacial score (nSPS) is 22.8. The van der Waals surface area contributed by atoms with E-state index in [1.54, 1.807) is 14.0 Å². The maximum absolute atomic E-state index is 13.3. The molecule has 0 saturated carbocycles. The van der Waals surface area contributed by atoms with Crippen molar-refractivity contribution in [1.29, 1.82) is 5.41 Å². The van der Waals surface area contributed by atoms with E-state index in [-0.39, 0.29) is 11.5 Å². The van der Waals surface area contributed by atoms with Crippen LogP contribution in [0.4, 0.5) is 26.3 Å². The van der Waals surface area contributed by atoms with Crippen LogP contribution in [0.2, 0.25) is 0 Å². The molecule has 1 saturated heterocycles. The molecule has 2 atom stereocenters. The zero-order valence-electron chi connectivity index (χ0n) is 16.1. The second-order valence-corrected chi connectivity index (χ2v) is 7.36. The van der Waals surface area contributed by atoms with E-state index in [1.165, 1.54) is 29.2 Å². The van der Waals surface area contributed by atoms with Crippen molar-refractivity contribution < 1.29 is 26.3 Å². The SMILES string of the molecule is C=C1[C@@H](c2ccc(C(F)(F)F)cc2)[C@@](C)(c2cccc(C(F)(F)F)c2)NC(=N)N1C. The van der Waals surface area contributed by atoms with Gasteiger partial charge in [0.05, 0.1) is 22.6 Å². The molecular weight excluding hydrogens is 408 g/mol. The maximum atomic E-state index is 13.3. The van der Waals surface area contributed by atoms with Gasteiger partial charge in [0, 0.05) is 12.7 Å². The molecule has 3 rings (SSSR count). The minimum absolute atomic E-state index is 0.0805. The molecule has 2 N–H and O–H groups in total. The number of rotatable bonds is 2. The monoisotopic (exact) mass is 427 g/mol. The lowest BCUT2D eigenvalue weighted by Gasteiger charge is -2.48. The van der Waals surface area contributed by atoms with E-state index in [0.717, 1.165) is 24.3 Å². The van der Waals surface area contributed by atoms with Crippen molar-refractivity contribution in [2.45, 2.75) is 30.7 Å². The third kappa shape index (κ3) is 3.76. The van der Waals surface area contributed by atoms with Gasteiger partial charge in [-0.25, -0.2) is 0 Å². The lowest BCUT2D eigenvalue weighted by atomic mass is 9.72. The highest BCUT2D eigenvalue weighted by molar-refractivity contribution is 5.82. The van der Waals surface area contributed by atoms with Gasteiger partial charge in [0.1, 0.15) is 0 Å². The first kappa shape index (κ1) is 21.7. The van der Waals surface area contributed by atoms with Crippen molar-refractivity contribution in [3.05, 3.63) is 83.1 Å². The molecule has 2 aromatic carbocycles. The van der Waals surface area contributed by atoms with Crippen LogP contribution in [0.5, 0.6) is 0 Å². The van der Waals surface area contributed by atoms with E-state index in [1.807, 2.05) is 0 Å². The molecule has 3 nitrogen and oxygen atoms in total. The molecule has 0 radical (unpaired) electrons. The largest absolute Gasteiger partial charge is 0.416 e. The van der Waals surface area contributed by atoms with Crippen molar-refractivity contribution in [2.75, 3.05) is 7.05 Å². The Kier molecular flexibility index (Phi) is 5.12. The van der Waals surface area contributed by atoms with Gasteiger partial charge in [0.15, 0.2) is 5.96 Å². The van der Waals surface area contributed by atoms with E-state index in [2.05, 4.69) is 11.9 Å². The van der Waals surface area contributed by atoms with E-state index < -0.39 is 34.9 Å². The number of benzene rings is 2. The summed E-state index contributed by atoms with van der Waals surface area (Å²) >= 11 is 0. The van der Waals surface area contributed by atoms with Crippen LogP contribution in [0.3, 0.4) is 0 Å². The Balaban J connectivity index is 2.15. The summed E-state index contributed by atoms with van der Waals surface area (Å²) in [6.45, 7) is 5.58. The number of nitrogens with zero attached hydrogens (tertiary/aromatic N) is 1. The van der Waals surface area contributed by atoms with Crippen LogP contribution in [0, 0.1) is 5.41 Å². The Bertz CT molecular complexity index is 977. The molecule has 0 amide bonds. The van der Waals surface area contributed by atoms with Crippen molar-refractivity contribution in [3.8, 4) is 0 Å². The van der Waals surface area contributed by atoms with Gasteiger partial charge in [-0.15, -0.1) is 0 Å². The quantitative estimate of drug-likeness (QED) is 0.603. The van der Waals surface area contributed by atoms with Crippen LogP contribution < -0.4 is 5.32 Å². The lowest BCUT2D eigenvalue weighted by molar-refractivity contribution is -0.138. The molecule has 0 aliphatic carbocycles. The van der Waals surface area contributed by atoms with Crippen molar-refractivity contribution in [1.82, 2.24) is 10.2 Å². The topological polar surface area (TPSA) is 39.1 Å². The van der Waals surface area contributed by atoms with E-state index in [4.69, 9.17) is 5.41 Å². The van der Waals surface area contributed by atoms with Gasteiger partial charge in [0.25, 0.3) is 0 Å². The molecule has 0 spiro atoms. The Morgan fingerprint density at radius 1 is 0.967 bits per heavy atom. The van der Waals surface area contributed by atoms with Crippen LogP contribution >= 0.6 is 0 Å². The number of alkyl halides is 6. The van der Waals surface area contributed by atoms with Crippen molar-refractivity contribution >= 4 is 5.96 Å². The highest BCUT2D eigenvalue weighted by Gasteiger charge is 2.46. The predicted octanol–water partition coefficient (Wildman–Crippen LogP) is 5.71. The first-order chi connectivity index (χ1) is 13.7. The highest BCUT2D eigenvalue weighted by atomic mass is 19.4. The molecule has 1 fully saturated rings. The Hall–Kier alpha value is -2.97. The number of guanidine groups is 1. The zero-order valence-corrected chi connectivity index (χ0v) is 16.1. The van der Waals surface area contributed by atoms with Gasteiger partial charge in [-0.3, -0.25) is 5.41 Å². The lowest BCUT2D eigenvalue weighted by Crippen LogP contribution is -2.58. The number of likely N-dealkylation sites (N-methyl/N-ethyl adjacent to an activating group) is 1. The third-order valence-electron chi connectivity index (χ3n) is 5.42. The van der Waals surface area contributed by atoms with Crippen LogP contribution in [0.25, 0.3) is 0 Å². The smallest absolute Gasteiger partial charge is 0.346 e. The third-order valence-corrected chi connectivity index (χ3v) is 5.42. The molecule has 160 valence electrons. The number of nitrogens with one attached hydrogen (secondary N) is 2. The minimum atomic E-state index is -4.56. The van der Waals surface area contributed by atoms with E-state index in [9.17, 15) is 26.3 Å². The highest BCUT2D eigenvalue weighted by Crippen LogP contribution is 2.46. The Labute approximate surface area is 169 Å². The molecule has 9 heteroatoms. The fourth-order valence-electron chi connectivity index (χ4n) is 3.72. The second kappa shape index (κ2) is 7.07. The summed E-state index contributed by atoms with van der Waals surface area (Å²) in [5, 5.41) is 11.1. The van der Waals surface area contributed by atoms with Crippen LogP contribution in [-0.2, 0) is 17.9 Å². The van der Waals surface area contributed by atoms with E-state index >= 15 is 0 Å². The molecule has 1 aliphatic rings. The van der Waals surface area contributed by atoms with Crippen molar-refractivity contribution in [3.63, 3.8) is 0 Å². The number of hydrogen-bond acceptors (Lipinski definition) is 1. The maximum Gasteiger partial charge on any atom is 0.416 e. The van der Waals surface area contributed by atoms with Crippen LogP contribution in [0.15, 0.2) is 60.8 Å². The van der Waals surface area contributed by atoms with E-state index in [0.29, 0.717) is 11.3 Å². The second-order valence-electron chi connectivity index (χ2n) is 7.36. The van der Waals surface area contributed by atoms with Gasteiger partial charge >= 0.3 is 12.4 Å². The summed E-state index contributed by atoms with van der Waals surface area (Å²) in [6, 6.07) is 9.10. The average molecular weight is 427 g/mol. The average Bonchev–Trinajstić information content (AvgIpc) is 2.65. The molecule has 30 heavy (non-hydrogen) atoms. The summed E-state index contributed by atoms with van der Waals surface area (Å²) in [5.41, 5.74) is -1.89. The first-order valence-corrected chi connectivity index (χ1v) is 8.89. The minimum Gasteiger partial charge on any atom is -0.346 e. The van der Waals surface area contributed by atoms with Crippen LogP contribution in [-0.4, -0.2) is 17.9 Å². The fourth-order valence-corrected chi connectivity index (χ4v) is 3.72. The first-order valence-electron chi connectivity index (χ1n) is 8.89. The molecule has 1 heterocycles. The number of hydrogen-bond donors (Lipinski definition) is 2. The number of halogens is 6. The fraction of sp³-hybridized carbons (Fsp3) is 0.286. The summed E-state index contributed by atoms with van der Waals surface area (Å²) in [7, 11) is 1.56. The Morgan fingerprint density at radius 2 is 1.53 bits per heavy atom. The van der Waals surface area contributed by atoms with Gasteiger partial charge in [-0.05, 0) is 42.3 Å². The molecular formula is C21H19F6N3. The molecule has 0 aromatic heterocycles. The summed E-state index contributed by atoms with van der Waals surface area (Å²) in [6.07, 6.45) is -9.07. The standard InChI is InChI=1S/C21H19F6N3/c1-12-17(13-7-9-14(10-8-13)20(22,23)24)19(2,29-18(28)30(12)3)15-5-4-6-16(11-15)21(25,26)27/h4-11,17H,1H2,2-3H3,(H2,28,29)/t17-,19+/m0/s1. The molecule has 2 aromatic rings. The van der Waals surface area contributed by atoms with Gasteiger partial charge < -0.3 is 10.2 Å². The molecule has 1 aliphatic heterocycles. The van der Waals surface area contributed by atoms with Gasteiger partial charge in [-0.1, -0.05) is 30.8 Å². The van der Waals surface area contributed by atoms with Crippen LogP contribution in [0.1, 0.15) is 35.1 Å². The predicted molar refractivity (Wildman–Crippen MR) is 101 cm³/mol. The zero-order chi connectivity index (χ0) is 22.5. The van der Waals surface area contributed by atoms with Gasteiger partial charge in [0.2, 0.25) is 0 Å². The Morgan fingerprint density at radius 3 is 2.07 bits per heavy atom. The van der Waals surface area contributed by atoms with Gasteiger partial charge in [-0.2, -0.15) is 26.3 Å².